The van der Waals surface area contributed by atoms with E-state index >= 15 is 0 Å². The molecule has 1 atom stereocenters. The number of nitrogens with one attached hydrogen (secondary N) is 1. The molecule has 17 heavy (non-hydrogen) atoms. The number of carbonyl (C=O) groups excluding carboxylic acids is 1. The standard InChI is InChI=1S/C10H13N5OS/c1-6(7-3-13-15(2)5-7)14-9(16)8-4-12-10(11)17-8/h3-6H,1-2H3,(H2,11,12)(H,14,16)/t6-/m1/s1. The number of carbonyl (C=O) groups is 1. The molecule has 2 rings (SSSR count). The van der Waals surface area contributed by atoms with Gasteiger partial charge in [-0.1, -0.05) is 11.3 Å². The fraction of sp³-hybridized carbons (Fsp3) is 0.300. The summed E-state index contributed by atoms with van der Waals surface area (Å²) in [6.07, 6.45) is 5.07. The SMILES string of the molecule is C[C@@H](NC(=O)c1cnc(N)s1)c1cnn(C)c1. The number of nitrogens with zero attached hydrogens (tertiary/aromatic N) is 3. The van der Waals surface area contributed by atoms with Crippen molar-refractivity contribution < 1.29 is 4.79 Å². The Labute approximate surface area is 102 Å². The minimum absolute atomic E-state index is 0.0977. The van der Waals surface area contributed by atoms with Crippen molar-refractivity contribution in [2.75, 3.05) is 5.73 Å². The van der Waals surface area contributed by atoms with Crippen LogP contribution >= 0.6 is 11.3 Å². The molecule has 2 heterocycles. The minimum Gasteiger partial charge on any atom is -0.375 e. The first kappa shape index (κ1) is 11.6. The molecule has 1 amide bonds. The normalized spacial score (nSPS) is 12.4. The molecule has 2 aromatic heterocycles. The van der Waals surface area contributed by atoms with Crippen LogP contribution in [-0.2, 0) is 7.05 Å². The van der Waals surface area contributed by atoms with Crippen LogP contribution in [0.3, 0.4) is 0 Å². The Bertz CT molecular complexity index is 532. The number of nitrogen functional groups attached to an aromatic ring is 1. The van der Waals surface area contributed by atoms with Crippen LogP contribution in [0.1, 0.15) is 28.2 Å². The number of nitrogens with two attached hydrogens (primary N) is 1. The third kappa shape index (κ3) is 2.62. The third-order valence-corrected chi connectivity index (χ3v) is 3.15. The van der Waals surface area contributed by atoms with Gasteiger partial charge in [0, 0.05) is 18.8 Å². The summed E-state index contributed by atoms with van der Waals surface area (Å²) < 4.78 is 1.70. The molecule has 0 radical (unpaired) electrons. The molecule has 6 nitrogen and oxygen atoms in total. The van der Waals surface area contributed by atoms with Crippen molar-refractivity contribution in [1.82, 2.24) is 20.1 Å². The van der Waals surface area contributed by atoms with E-state index in [1.807, 2.05) is 20.2 Å². The Balaban J connectivity index is 2.04. The van der Waals surface area contributed by atoms with Crippen LogP contribution in [0.2, 0.25) is 0 Å². The smallest absolute Gasteiger partial charge is 0.263 e. The third-order valence-electron chi connectivity index (χ3n) is 2.32. The second-order valence-corrected chi connectivity index (χ2v) is 4.77. The minimum atomic E-state index is -0.171. The van der Waals surface area contributed by atoms with Gasteiger partial charge in [0.1, 0.15) is 4.88 Å². The molecule has 2 aromatic rings. The molecule has 0 aromatic carbocycles. The summed E-state index contributed by atoms with van der Waals surface area (Å²) in [7, 11) is 1.84. The highest BCUT2D eigenvalue weighted by Gasteiger charge is 2.14. The maximum Gasteiger partial charge on any atom is 0.263 e. The van der Waals surface area contributed by atoms with E-state index in [4.69, 9.17) is 5.73 Å². The Kier molecular flexibility index (Phi) is 3.10. The lowest BCUT2D eigenvalue weighted by atomic mass is 10.2. The molecule has 0 saturated carbocycles. The summed E-state index contributed by atoms with van der Waals surface area (Å²) in [5.74, 6) is -0.171. The van der Waals surface area contributed by atoms with Crippen molar-refractivity contribution in [3.8, 4) is 0 Å². The van der Waals surface area contributed by atoms with Crippen molar-refractivity contribution in [2.24, 2.45) is 7.05 Å². The van der Waals surface area contributed by atoms with E-state index in [0.717, 1.165) is 5.56 Å². The van der Waals surface area contributed by atoms with Gasteiger partial charge in [0.2, 0.25) is 0 Å². The first-order chi connectivity index (χ1) is 8.06. The first-order valence-electron chi connectivity index (χ1n) is 5.07. The largest absolute Gasteiger partial charge is 0.375 e. The summed E-state index contributed by atoms with van der Waals surface area (Å²) in [4.78, 5) is 16.2. The second-order valence-electron chi connectivity index (χ2n) is 3.71. The van der Waals surface area contributed by atoms with Crippen LogP contribution in [0, 0.1) is 0 Å². The van der Waals surface area contributed by atoms with E-state index in [1.165, 1.54) is 17.5 Å². The number of aromatic nitrogens is 3. The van der Waals surface area contributed by atoms with Crippen LogP contribution in [0.25, 0.3) is 0 Å². The summed E-state index contributed by atoms with van der Waals surface area (Å²) in [5.41, 5.74) is 6.43. The number of aryl methyl sites for hydroxylation is 1. The lowest BCUT2D eigenvalue weighted by molar-refractivity contribution is 0.0944. The Morgan fingerprint density at radius 1 is 1.59 bits per heavy atom. The summed E-state index contributed by atoms with van der Waals surface area (Å²) in [6, 6.07) is -0.0977. The molecular weight excluding hydrogens is 238 g/mol. The van der Waals surface area contributed by atoms with E-state index in [2.05, 4.69) is 15.4 Å². The predicted molar refractivity (Wildman–Crippen MR) is 65.6 cm³/mol. The Morgan fingerprint density at radius 3 is 2.88 bits per heavy atom. The summed E-state index contributed by atoms with van der Waals surface area (Å²) in [5, 5.41) is 7.31. The van der Waals surface area contributed by atoms with E-state index in [9.17, 15) is 4.79 Å². The molecule has 0 aliphatic heterocycles. The molecule has 90 valence electrons. The van der Waals surface area contributed by atoms with Gasteiger partial charge >= 0.3 is 0 Å². The van der Waals surface area contributed by atoms with Gasteiger partial charge < -0.3 is 11.1 Å². The van der Waals surface area contributed by atoms with Gasteiger partial charge in [-0.05, 0) is 6.92 Å². The zero-order valence-corrected chi connectivity index (χ0v) is 10.4. The average Bonchev–Trinajstić information content (AvgIpc) is 2.87. The van der Waals surface area contributed by atoms with Gasteiger partial charge in [0.15, 0.2) is 5.13 Å². The van der Waals surface area contributed by atoms with Crippen molar-refractivity contribution in [2.45, 2.75) is 13.0 Å². The molecule has 0 bridgehead atoms. The van der Waals surface area contributed by atoms with E-state index in [0.29, 0.717) is 10.0 Å². The zero-order chi connectivity index (χ0) is 12.4. The van der Waals surface area contributed by atoms with Crippen molar-refractivity contribution >= 4 is 22.4 Å². The predicted octanol–water partition coefficient (Wildman–Crippen LogP) is 0.950. The summed E-state index contributed by atoms with van der Waals surface area (Å²) in [6.45, 7) is 1.90. The van der Waals surface area contributed by atoms with Crippen molar-refractivity contribution in [1.29, 1.82) is 0 Å². The molecular formula is C10H13N5OS. The molecule has 0 saturated heterocycles. The maximum atomic E-state index is 11.8. The van der Waals surface area contributed by atoms with Crippen LogP contribution < -0.4 is 11.1 Å². The highest BCUT2D eigenvalue weighted by molar-refractivity contribution is 7.17. The number of thiazole rings is 1. The van der Waals surface area contributed by atoms with Gasteiger partial charge in [0.25, 0.3) is 5.91 Å². The number of rotatable bonds is 3. The van der Waals surface area contributed by atoms with Crippen molar-refractivity contribution in [3.05, 3.63) is 29.0 Å². The zero-order valence-electron chi connectivity index (χ0n) is 9.54. The molecule has 3 N–H and O–H groups in total. The number of anilines is 1. The molecule has 0 aliphatic rings. The van der Waals surface area contributed by atoms with Gasteiger partial charge in [-0.25, -0.2) is 4.98 Å². The van der Waals surface area contributed by atoms with Crippen molar-refractivity contribution in [3.63, 3.8) is 0 Å². The fourth-order valence-electron chi connectivity index (χ4n) is 1.41. The van der Waals surface area contributed by atoms with Crippen LogP contribution in [0.15, 0.2) is 18.6 Å². The molecule has 0 fully saturated rings. The highest BCUT2D eigenvalue weighted by Crippen LogP contribution is 2.16. The van der Waals surface area contributed by atoms with E-state index in [-0.39, 0.29) is 11.9 Å². The average molecular weight is 251 g/mol. The van der Waals surface area contributed by atoms with Gasteiger partial charge in [-0.15, -0.1) is 0 Å². The van der Waals surface area contributed by atoms with Gasteiger partial charge in [0.05, 0.1) is 18.4 Å². The molecule has 0 spiro atoms. The van der Waals surface area contributed by atoms with Gasteiger partial charge in [-0.2, -0.15) is 5.10 Å². The second kappa shape index (κ2) is 4.54. The molecule has 0 unspecified atom stereocenters. The molecule has 7 heteroatoms. The highest BCUT2D eigenvalue weighted by atomic mass is 32.1. The van der Waals surface area contributed by atoms with E-state index < -0.39 is 0 Å². The van der Waals surface area contributed by atoms with Gasteiger partial charge in [-0.3, -0.25) is 9.48 Å². The summed E-state index contributed by atoms with van der Waals surface area (Å²) >= 11 is 1.17. The quantitative estimate of drug-likeness (QED) is 0.850. The number of hydrogen-bond donors (Lipinski definition) is 2. The van der Waals surface area contributed by atoms with Crippen LogP contribution in [-0.4, -0.2) is 20.7 Å². The monoisotopic (exact) mass is 251 g/mol. The number of amides is 1. The topological polar surface area (TPSA) is 85.8 Å². The maximum absolute atomic E-state index is 11.8. The van der Waals surface area contributed by atoms with Crippen LogP contribution in [0.5, 0.6) is 0 Å². The Morgan fingerprint density at radius 2 is 2.35 bits per heavy atom. The molecule has 0 aliphatic carbocycles. The Hall–Kier alpha value is -1.89. The van der Waals surface area contributed by atoms with E-state index in [1.54, 1.807) is 10.9 Å². The number of hydrogen-bond acceptors (Lipinski definition) is 5. The van der Waals surface area contributed by atoms with Crippen LogP contribution in [0.4, 0.5) is 5.13 Å². The fourth-order valence-corrected chi connectivity index (χ4v) is 2.00. The lowest BCUT2D eigenvalue weighted by Crippen LogP contribution is -2.25. The lowest BCUT2D eigenvalue weighted by Gasteiger charge is -2.10. The first-order valence-corrected chi connectivity index (χ1v) is 5.88.